The van der Waals surface area contributed by atoms with Crippen LogP contribution in [-0.2, 0) is 0 Å². The Balaban J connectivity index is 2.27. The van der Waals surface area contributed by atoms with Gasteiger partial charge in [0.05, 0.1) is 5.54 Å². The van der Waals surface area contributed by atoms with Crippen molar-refractivity contribution in [2.75, 3.05) is 13.6 Å². The molecular formula is C7H11F2N. The Hall–Kier alpha value is -0.180. The maximum absolute atomic E-state index is 13.0. The molecule has 0 aromatic rings. The largest absolute Gasteiger partial charge is 0.295 e. The fourth-order valence-electron chi connectivity index (χ4n) is 1.90. The summed E-state index contributed by atoms with van der Waals surface area (Å²) in [6.07, 6.45) is 1.44. The highest BCUT2D eigenvalue weighted by molar-refractivity contribution is 5.16. The molecule has 2 rings (SSSR count). The van der Waals surface area contributed by atoms with E-state index in [0.29, 0.717) is 19.4 Å². The number of likely N-dealkylation sites (tertiary alicyclic amines) is 1. The third-order valence-corrected chi connectivity index (χ3v) is 2.90. The summed E-state index contributed by atoms with van der Waals surface area (Å²) >= 11 is 0. The number of nitrogens with zero attached hydrogens (tertiary/aromatic N) is 1. The molecule has 0 atom stereocenters. The molecule has 1 heterocycles. The van der Waals surface area contributed by atoms with Crippen LogP contribution in [0.15, 0.2) is 0 Å². The fraction of sp³-hybridized carbons (Fsp3) is 1.00. The Bertz CT molecular complexity index is 163. The lowest BCUT2D eigenvalue weighted by Gasteiger charge is -2.23. The molecule has 0 bridgehead atoms. The van der Waals surface area contributed by atoms with E-state index < -0.39 is 11.5 Å². The zero-order valence-corrected chi connectivity index (χ0v) is 6.03. The molecule has 0 unspecified atom stereocenters. The number of hydrogen-bond acceptors (Lipinski definition) is 1. The molecule has 2 aliphatic rings. The molecule has 1 nitrogen and oxygen atoms in total. The van der Waals surface area contributed by atoms with Crippen LogP contribution in [-0.4, -0.2) is 30.0 Å². The van der Waals surface area contributed by atoms with Gasteiger partial charge in [0.25, 0.3) is 5.92 Å². The molecule has 1 spiro atoms. The molecule has 0 radical (unpaired) electrons. The van der Waals surface area contributed by atoms with Crippen molar-refractivity contribution in [3.63, 3.8) is 0 Å². The van der Waals surface area contributed by atoms with Crippen molar-refractivity contribution < 1.29 is 8.78 Å². The monoisotopic (exact) mass is 147 g/mol. The van der Waals surface area contributed by atoms with E-state index in [9.17, 15) is 8.78 Å². The summed E-state index contributed by atoms with van der Waals surface area (Å²) < 4.78 is 26.0. The summed E-state index contributed by atoms with van der Waals surface area (Å²) in [5.41, 5.74) is -0.701. The highest BCUT2D eigenvalue weighted by Crippen LogP contribution is 2.57. The number of rotatable bonds is 0. The summed E-state index contributed by atoms with van der Waals surface area (Å²) in [6, 6.07) is 0. The van der Waals surface area contributed by atoms with Crippen molar-refractivity contribution in [2.45, 2.75) is 30.7 Å². The molecule has 58 valence electrons. The van der Waals surface area contributed by atoms with Gasteiger partial charge in [-0.1, -0.05) is 0 Å². The topological polar surface area (TPSA) is 3.24 Å². The fourth-order valence-corrected chi connectivity index (χ4v) is 1.90. The molecule has 1 saturated carbocycles. The number of halogens is 2. The third-order valence-electron chi connectivity index (χ3n) is 2.90. The minimum atomic E-state index is -2.40. The van der Waals surface area contributed by atoms with Gasteiger partial charge in [0.1, 0.15) is 0 Å². The van der Waals surface area contributed by atoms with E-state index >= 15 is 0 Å². The van der Waals surface area contributed by atoms with E-state index in [1.165, 1.54) is 0 Å². The van der Waals surface area contributed by atoms with Crippen LogP contribution in [0, 0.1) is 0 Å². The second kappa shape index (κ2) is 1.52. The minimum absolute atomic E-state index is 0.0590. The standard InChI is InChI=1S/C7H11F2N/c1-10-5-4-7(8,9)6(10)2-3-6/h2-5H2,1H3. The van der Waals surface area contributed by atoms with Gasteiger partial charge in [-0.2, -0.15) is 0 Å². The van der Waals surface area contributed by atoms with E-state index in [1.807, 2.05) is 4.90 Å². The molecule has 0 amide bonds. The maximum atomic E-state index is 13.0. The van der Waals surface area contributed by atoms with Gasteiger partial charge < -0.3 is 0 Å². The molecule has 1 aliphatic carbocycles. The van der Waals surface area contributed by atoms with Crippen molar-refractivity contribution in [3.8, 4) is 0 Å². The predicted octanol–water partition coefficient (Wildman–Crippen LogP) is 1.49. The lowest BCUT2D eigenvalue weighted by atomic mass is 10.1. The van der Waals surface area contributed by atoms with E-state index in [-0.39, 0.29) is 6.42 Å². The van der Waals surface area contributed by atoms with Crippen LogP contribution >= 0.6 is 0 Å². The first-order chi connectivity index (χ1) is 4.58. The van der Waals surface area contributed by atoms with Gasteiger partial charge in [-0.05, 0) is 19.9 Å². The molecule has 1 saturated heterocycles. The number of alkyl halides is 2. The molecule has 0 N–H and O–H groups in total. The quantitative estimate of drug-likeness (QED) is 0.501. The molecule has 1 aliphatic heterocycles. The van der Waals surface area contributed by atoms with Crippen molar-refractivity contribution in [2.24, 2.45) is 0 Å². The van der Waals surface area contributed by atoms with E-state index in [0.717, 1.165) is 0 Å². The van der Waals surface area contributed by atoms with Gasteiger partial charge in [0, 0.05) is 13.0 Å². The molecule has 0 aromatic carbocycles. The zero-order valence-electron chi connectivity index (χ0n) is 6.03. The van der Waals surface area contributed by atoms with Crippen LogP contribution in [0.2, 0.25) is 0 Å². The summed E-state index contributed by atoms with van der Waals surface area (Å²) in [6.45, 7) is 0.562. The summed E-state index contributed by atoms with van der Waals surface area (Å²) in [4.78, 5) is 1.81. The van der Waals surface area contributed by atoms with Gasteiger partial charge in [-0.25, -0.2) is 8.78 Å². The highest BCUT2D eigenvalue weighted by Gasteiger charge is 2.67. The van der Waals surface area contributed by atoms with E-state index in [4.69, 9.17) is 0 Å². The van der Waals surface area contributed by atoms with Gasteiger partial charge in [0.15, 0.2) is 0 Å². The maximum Gasteiger partial charge on any atom is 0.267 e. The normalized spacial score (nSPS) is 35.1. The second-order valence-corrected chi connectivity index (χ2v) is 3.41. The summed E-state index contributed by atoms with van der Waals surface area (Å²) in [7, 11) is 1.80. The smallest absolute Gasteiger partial charge is 0.267 e. The molecule has 0 aromatic heterocycles. The van der Waals surface area contributed by atoms with Crippen LogP contribution in [0.1, 0.15) is 19.3 Å². The Labute approximate surface area is 59.0 Å². The molecule has 2 fully saturated rings. The van der Waals surface area contributed by atoms with Crippen molar-refractivity contribution in [1.29, 1.82) is 0 Å². The van der Waals surface area contributed by atoms with Crippen molar-refractivity contribution in [1.82, 2.24) is 4.90 Å². The lowest BCUT2D eigenvalue weighted by Crippen LogP contribution is -2.39. The number of hydrogen-bond donors (Lipinski definition) is 0. The first-order valence-corrected chi connectivity index (χ1v) is 3.68. The summed E-state index contributed by atoms with van der Waals surface area (Å²) in [5, 5.41) is 0. The molecular weight excluding hydrogens is 136 g/mol. The van der Waals surface area contributed by atoms with Gasteiger partial charge in [-0.15, -0.1) is 0 Å². The predicted molar refractivity (Wildman–Crippen MR) is 34.2 cm³/mol. The van der Waals surface area contributed by atoms with Gasteiger partial charge >= 0.3 is 0 Å². The van der Waals surface area contributed by atoms with Crippen LogP contribution in [0.3, 0.4) is 0 Å². The Kier molecular flexibility index (Phi) is 0.994. The Morgan fingerprint density at radius 1 is 1.20 bits per heavy atom. The van der Waals surface area contributed by atoms with Crippen molar-refractivity contribution >= 4 is 0 Å². The van der Waals surface area contributed by atoms with Crippen LogP contribution in [0.4, 0.5) is 8.78 Å². The SMILES string of the molecule is CN1CCC(F)(F)C12CC2. The van der Waals surface area contributed by atoms with Crippen molar-refractivity contribution in [3.05, 3.63) is 0 Å². The van der Waals surface area contributed by atoms with E-state index in [1.54, 1.807) is 7.05 Å². The minimum Gasteiger partial charge on any atom is -0.295 e. The van der Waals surface area contributed by atoms with Gasteiger partial charge in [0.2, 0.25) is 0 Å². The Morgan fingerprint density at radius 3 is 2.00 bits per heavy atom. The highest BCUT2D eigenvalue weighted by atomic mass is 19.3. The third kappa shape index (κ3) is 0.546. The first-order valence-electron chi connectivity index (χ1n) is 3.68. The molecule has 3 heteroatoms. The van der Waals surface area contributed by atoms with Crippen LogP contribution in [0.25, 0.3) is 0 Å². The van der Waals surface area contributed by atoms with Gasteiger partial charge in [-0.3, -0.25) is 4.90 Å². The average molecular weight is 147 g/mol. The van der Waals surface area contributed by atoms with E-state index in [2.05, 4.69) is 0 Å². The zero-order chi connectivity index (χ0) is 7.41. The summed E-state index contributed by atoms with van der Waals surface area (Å²) in [5.74, 6) is -2.40. The Morgan fingerprint density at radius 2 is 1.80 bits per heavy atom. The lowest BCUT2D eigenvalue weighted by molar-refractivity contribution is -0.0418. The van der Waals surface area contributed by atoms with Crippen LogP contribution in [0.5, 0.6) is 0 Å². The second-order valence-electron chi connectivity index (χ2n) is 3.41. The first kappa shape index (κ1) is 6.53. The van der Waals surface area contributed by atoms with Crippen LogP contribution < -0.4 is 0 Å². The average Bonchev–Trinajstić information content (AvgIpc) is 2.58. The molecule has 10 heavy (non-hydrogen) atoms.